The first-order chi connectivity index (χ1) is 9.99. The van der Waals surface area contributed by atoms with Crippen molar-refractivity contribution >= 4 is 5.91 Å². The van der Waals surface area contributed by atoms with Crippen molar-refractivity contribution in [3.05, 3.63) is 35.9 Å². The van der Waals surface area contributed by atoms with Crippen LogP contribution in [0.4, 0.5) is 0 Å². The predicted octanol–water partition coefficient (Wildman–Crippen LogP) is 1.14. The van der Waals surface area contributed by atoms with Crippen LogP contribution in [0.3, 0.4) is 0 Å². The molecule has 1 amide bonds. The van der Waals surface area contributed by atoms with E-state index in [1.807, 2.05) is 42.1 Å². The summed E-state index contributed by atoms with van der Waals surface area (Å²) in [5, 5.41) is 10.4. The van der Waals surface area contributed by atoms with Crippen LogP contribution in [0.1, 0.15) is 18.4 Å². The number of hydrogen-bond donors (Lipinski definition) is 1. The lowest BCUT2D eigenvalue weighted by Gasteiger charge is -2.48. The zero-order chi connectivity index (χ0) is 15.0. The highest BCUT2D eigenvalue weighted by atomic mass is 16.3. The molecule has 1 aromatic carbocycles. The first-order valence-corrected chi connectivity index (χ1v) is 7.71. The minimum Gasteiger partial charge on any atom is -0.386 e. The molecule has 1 saturated heterocycles. The molecule has 21 heavy (non-hydrogen) atoms. The van der Waals surface area contributed by atoms with Crippen molar-refractivity contribution in [3.8, 4) is 0 Å². The summed E-state index contributed by atoms with van der Waals surface area (Å²) in [6.07, 6.45) is 2.93. The SMILES string of the molecule is CN(C)C(Cc1ccccc1)C(=O)N1CC(O)(C2CC2)C1. The van der Waals surface area contributed by atoms with Gasteiger partial charge in [0.1, 0.15) is 5.60 Å². The van der Waals surface area contributed by atoms with E-state index in [2.05, 4.69) is 12.1 Å². The number of β-amino-alcohol motifs (C(OH)–C–C–N with tert-alkyl or cyclic N) is 1. The van der Waals surface area contributed by atoms with E-state index in [9.17, 15) is 9.90 Å². The van der Waals surface area contributed by atoms with E-state index in [4.69, 9.17) is 0 Å². The van der Waals surface area contributed by atoms with Crippen LogP contribution in [0.15, 0.2) is 30.3 Å². The molecule has 1 saturated carbocycles. The first kappa shape index (κ1) is 14.5. The minimum atomic E-state index is -0.598. The van der Waals surface area contributed by atoms with Crippen molar-refractivity contribution in [2.24, 2.45) is 5.92 Å². The van der Waals surface area contributed by atoms with Crippen LogP contribution in [-0.2, 0) is 11.2 Å². The molecule has 1 heterocycles. The summed E-state index contributed by atoms with van der Waals surface area (Å²) < 4.78 is 0. The Hall–Kier alpha value is -1.39. The number of nitrogens with zero attached hydrogens (tertiary/aromatic N) is 2. The Morgan fingerprint density at radius 2 is 1.95 bits per heavy atom. The first-order valence-electron chi connectivity index (χ1n) is 7.71. The van der Waals surface area contributed by atoms with Crippen LogP contribution in [0.2, 0.25) is 0 Å². The smallest absolute Gasteiger partial charge is 0.240 e. The van der Waals surface area contributed by atoms with Crippen LogP contribution >= 0.6 is 0 Å². The van der Waals surface area contributed by atoms with Crippen LogP contribution in [-0.4, -0.2) is 59.6 Å². The van der Waals surface area contributed by atoms with Crippen LogP contribution in [0.25, 0.3) is 0 Å². The van der Waals surface area contributed by atoms with E-state index in [-0.39, 0.29) is 11.9 Å². The lowest BCUT2D eigenvalue weighted by molar-refractivity contribution is -0.163. The highest BCUT2D eigenvalue weighted by Gasteiger charge is 2.53. The van der Waals surface area contributed by atoms with E-state index < -0.39 is 5.60 Å². The van der Waals surface area contributed by atoms with Crippen LogP contribution in [0, 0.1) is 5.92 Å². The molecule has 0 spiro atoms. The fourth-order valence-electron chi connectivity index (χ4n) is 3.19. The zero-order valence-corrected chi connectivity index (χ0v) is 12.8. The van der Waals surface area contributed by atoms with Gasteiger partial charge >= 0.3 is 0 Å². The summed E-state index contributed by atoms with van der Waals surface area (Å²) >= 11 is 0. The summed E-state index contributed by atoms with van der Waals surface area (Å²) in [5.41, 5.74) is 0.571. The summed E-state index contributed by atoms with van der Waals surface area (Å²) in [5.74, 6) is 0.558. The van der Waals surface area contributed by atoms with E-state index in [1.165, 1.54) is 5.56 Å². The predicted molar refractivity (Wildman–Crippen MR) is 81.9 cm³/mol. The largest absolute Gasteiger partial charge is 0.386 e. The van der Waals surface area contributed by atoms with Crippen LogP contribution in [0.5, 0.6) is 0 Å². The Balaban J connectivity index is 1.63. The van der Waals surface area contributed by atoms with Gasteiger partial charge in [-0.05, 0) is 44.8 Å². The second-order valence-corrected chi connectivity index (χ2v) is 6.74. The quantitative estimate of drug-likeness (QED) is 0.884. The average molecular weight is 288 g/mol. The van der Waals surface area contributed by atoms with Crippen molar-refractivity contribution in [1.82, 2.24) is 9.80 Å². The highest BCUT2D eigenvalue weighted by molar-refractivity contribution is 5.83. The molecule has 1 atom stereocenters. The molecule has 1 aliphatic carbocycles. The average Bonchev–Trinajstić information content (AvgIpc) is 3.26. The van der Waals surface area contributed by atoms with Crippen molar-refractivity contribution in [3.63, 3.8) is 0 Å². The summed E-state index contributed by atoms with van der Waals surface area (Å²) in [7, 11) is 3.89. The Bertz CT molecular complexity index is 505. The Morgan fingerprint density at radius 3 is 2.48 bits per heavy atom. The zero-order valence-electron chi connectivity index (χ0n) is 12.8. The Labute approximate surface area is 126 Å². The molecule has 3 rings (SSSR count). The van der Waals surface area contributed by atoms with Gasteiger partial charge in [-0.1, -0.05) is 30.3 Å². The topological polar surface area (TPSA) is 43.8 Å². The molecule has 0 aromatic heterocycles. The Morgan fingerprint density at radius 1 is 1.33 bits per heavy atom. The van der Waals surface area contributed by atoms with Crippen molar-refractivity contribution in [2.45, 2.75) is 30.9 Å². The van der Waals surface area contributed by atoms with Gasteiger partial charge in [-0.15, -0.1) is 0 Å². The molecule has 0 radical (unpaired) electrons. The number of likely N-dealkylation sites (N-methyl/N-ethyl adjacent to an activating group) is 1. The monoisotopic (exact) mass is 288 g/mol. The van der Waals surface area contributed by atoms with Gasteiger partial charge < -0.3 is 10.0 Å². The number of carbonyl (C=O) groups excluding carboxylic acids is 1. The molecule has 0 bridgehead atoms. The van der Waals surface area contributed by atoms with Gasteiger partial charge in [0.2, 0.25) is 5.91 Å². The molecule has 1 aromatic rings. The van der Waals surface area contributed by atoms with Gasteiger partial charge in [-0.3, -0.25) is 9.69 Å². The highest BCUT2D eigenvalue weighted by Crippen LogP contribution is 2.44. The number of carbonyl (C=O) groups is 1. The summed E-state index contributed by atoms with van der Waals surface area (Å²) in [6.45, 7) is 1.02. The minimum absolute atomic E-state index is 0.133. The fourth-order valence-corrected chi connectivity index (χ4v) is 3.19. The maximum absolute atomic E-state index is 12.7. The third-order valence-electron chi connectivity index (χ3n) is 4.76. The van der Waals surface area contributed by atoms with Gasteiger partial charge in [0.05, 0.1) is 19.1 Å². The molecule has 4 nitrogen and oxygen atoms in total. The number of amides is 1. The van der Waals surface area contributed by atoms with Gasteiger partial charge in [0.25, 0.3) is 0 Å². The normalized spacial score (nSPS) is 22.0. The van der Waals surface area contributed by atoms with Gasteiger partial charge in [-0.2, -0.15) is 0 Å². The molecular weight excluding hydrogens is 264 g/mol. The number of likely N-dealkylation sites (tertiary alicyclic amines) is 1. The maximum atomic E-state index is 12.7. The van der Waals surface area contributed by atoms with E-state index >= 15 is 0 Å². The second kappa shape index (κ2) is 5.43. The number of aliphatic hydroxyl groups is 1. The molecule has 1 aliphatic heterocycles. The molecule has 2 fully saturated rings. The van der Waals surface area contributed by atoms with Gasteiger partial charge in [-0.25, -0.2) is 0 Å². The molecular formula is C17H24N2O2. The molecule has 2 aliphatic rings. The van der Waals surface area contributed by atoms with Gasteiger partial charge in [0, 0.05) is 0 Å². The number of rotatable bonds is 5. The van der Waals surface area contributed by atoms with E-state index in [1.54, 1.807) is 0 Å². The lowest BCUT2D eigenvalue weighted by atomic mass is 9.87. The standard InChI is InChI=1S/C17H24N2O2/c1-18(2)15(10-13-6-4-3-5-7-13)16(20)19-11-17(21,12-19)14-8-9-14/h3-7,14-15,21H,8-12H2,1-2H3. The molecule has 4 heteroatoms. The lowest BCUT2D eigenvalue weighted by Crippen LogP contribution is -2.67. The van der Waals surface area contributed by atoms with Crippen molar-refractivity contribution in [1.29, 1.82) is 0 Å². The fraction of sp³-hybridized carbons (Fsp3) is 0.588. The molecule has 1 N–H and O–H groups in total. The Kier molecular flexibility index (Phi) is 3.76. The van der Waals surface area contributed by atoms with E-state index in [0.29, 0.717) is 25.4 Å². The summed E-state index contributed by atoms with van der Waals surface area (Å²) in [4.78, 5) is 16.5. The number of benzene rings is 1. The molecule has 1 unspecified atom stereocenters. The van der Waals surface area contributed by atoms with Gasteiger partial charge in [0.15, 0.2) is 0 Å². The molecule has 114 valence electrons. The van der Waals surface area contributed by atoms with Crippen molar-refractivity contribution in [2.75, 3.05) is 27.2 Å². The second-order valence-electron chi connectivity index (χ2n) is 6.74. The van der Waals surface area contributed by atoms with Crippen molar-refractivity contribution < 1.29 is 9.90 Å². The third-order valence-corrected chi connectivity index (χ3v) is 4.76. The maximum Gasteiger partial charge on any atom is 0.240 e. The summed E-state index contributed by atoms with van der Waals surface area (Å²) in [6, 6.07) is 9.95. The number of hydrogen-bond acceptors (Lipinski definition) is 3. The third kappa shape index (κ3) is 2.97. The van der Waals surface area contributed by atoms with Crippen LogP contribution < -0.4 is 0 Å². The van der Waals surface area contributed by atoms with E-state index in [0.717, 1.165) is 12.8 Å².